The van der Waals surface area contributed by atoms with E-state index < -0.39 is 11.7 Å². The summed E-state index contributed by atoms with van der Waals surface area (Å²) in [5.41, 5.74) is 5.62. The van der Waals surface area contributed by atoms with E-state index in [4.69, 9.17) is 10.5 Å². The van der Waals surface area contributed by atoms with Crippen molar-refractivity contribution in [3.8, 4) is 0 Å². The van der Waals surface area contributed by atoms with E-state index >= 15 is 0 Å². The summed E-state index contributed by atoms with van der Waals surface area (Å²) in [6.07, 6.45) is 2.47. The number of nitrogen functional groups attached to an aromatic ring is 1. The molecular weight excluding hydrogens is 234 g/mol. The van der Waals surface area contributed by atoms with Gasteiger partial charge in [-0.15, -0.1) is 0 Å². The van der Waals surface area contributed by atoms with Crippen LogP contribution in [0.25, 0.3) is 0 Å². The zero-order valence-corrected chi connectivity index (χ0v) is 10.9. The van der Waals surface area contributed by atoms with E-state index in [2.05, 4.69) is 20.6 Å². The van der Waals surface area contributed by atoms with Crippen LogP contribution in [0.5, 0.6) is 0 Å². The first-order valence-electron chi connectivity index (χ1n) is 5.65. The lowest BCUT2D eigenvalue weighted by Gasteiger charge is -2.19. The summed E-state index contributed by atoms with van der Waals surface area (Å²) in [6, 6.07) is 0. The van der Waals surface area contributed by atoms with Crippen LogP contribution >= 0.6 is 0 Å². The molecule has 0 atom stereocenters. The highest BCUT2D eigenvalue weighted by Crippen LogP contribution is 2.10. The van der Waals surface area contributed by atoms with Crippen LogP contribution in [0.1, 0.15) is 20.8 Å². The largest absolute Gasteiger partial charge is 0.444 e. The van der Waals surface area contributed by atoms with Gasteiger partial charge in [0, 0.05) is 13.1 Å². The molecule has 0 fully saturated rings. The Morgan fingerprint density at radius 2 is 2.17 bits per heavy atom. The number of anilines is 2. The van der Waals surface area contributed by atoms with E-state index in [1.807, 2.05) is 20.8 Å². The van der Waals surface area contributed by atoms with Crippen molar-refractivity contribution in [2.75, 3.05) is 24.1 Å². The molecule has 18 heavy (non-hydrogen) atoms. The summed E-state index contributed by atoms with van der Waals surface area (Å²) in [6.45, 7) is 6.35. The normalized spacial score (nSPS) is 10.8. The SMILES string of the molecule is CC(C)(C)OC(=O)NCCNc1ncncc1N. The Hall–Kier alpha value is -2.05. The monoisotopic (exact) mass is 253 g/mol. The zero-order chi connectivity index (χ0) is 13.6. The number of aromatic nitrogens is 2. The van der Waals surface area contributed by atoms with Gasteiger partial charge in [0.05, 0.1) is 11.9 Å². The van der Waals surface area contributed by atoms with Gasteiger partial charge in [0.15, 0.2) is 5.82 Å². The molecule has 0 unspecified atom stereocenters. The summed E-state index contributed by atoms with van der Waals surface area (Å²) in [4.78, 5) is 19.1. The second-order valence-electron chi connectivity index (χ2n) is 4.68. The van der Waals surface area contributed by atoms with Crippen molar-refractivity contribution in [2.24, 2.45) is 0 Å². The van der Waals surface area contributed by atoms with Gasteiger partial charge < -0.3 is 21.1 Å². The minimum absolute atomic E-state index is 0.415. The molecule has 0 aliphatic rings. The van der Waals surface area contributed by atoms with Crippen LogP contribution in [0.3, 0.4) is 0 Å². The minimum atomic E-state index is -0.491. The second kappa shape index (κ2) is 6.04. The van der Waals surface area contributed by atoms with Crippen molar-refractivity contribution in [1.82, 2.24) is 15.3 Å². The first kappa shape index (κ1) is 14.0. The average Bonchev–Trinajstić information content (AvgIpc) is 2.24. The number of ether oxygens (including phenoxy) is 1. The smallest absolute Gasteiger partial charge is 0.407 e. The Labute approximate surface area is 106 Å². The van der Waals surface area contributed by atoms with Crippen molar-refractivity contribution in [2.45, 2.75) is 26.4 Å². The first-order valence-corrected chi connectivity index (χ1v) is 5.65. The number of alkyl carbamates (subject to hydrolysis) is 1. The van der Waals surface area contributed by atoms with E-state index in [-0.39, 0.29) is 0 Å². The Balaban J connectivity index is 2.23. The van der Waals surface area contributed by atoms with Crippen LogP contribution in [0.4, 0.5) is 16.3 Å². The molecule has 0 saturated carbocycles. The molecule has 1 rings (SSSR count). The predicted octanol–water partition coefficient (Wildman–Crippen LogP) is 0.995. The highest BCUT2D eigenvalue weighted by atomic mass is 16.6. The summed E-state index contributed by atoms with van der Waals surface area (Å²) in [5, 5.41) is 5.61. The lowest BCUT2D eigenvalue weighted by atomic mass is 10.2. The minimum Gasteiger partial charge on any atom is -0.444 e. The first-order chi connectivity index (χ1) is 8.38. The standard InChI is InChI=1S/C11H19N5O2/c1-11(2,3)18-10(17)15-5-4-14-9-8(12)6-13-7-16-9/h6-7H,4-5,12H2,1-3H3,(H,15,17)(H,13,14,16). The summed E-state index contributed by atoms with van der Waals surface area (Å²) < 4.78 is 5.09. The van der Waals surface area contributed by atoms with Crippen LogP contribution in [0.2, 0.25) is 0 Å². The Kier molecular flexibility index (Phi) is 4.70. The quantitative estimate of drug-likeness (QED) is 0.692. The summed E-state index contributed by atoms with van der Waals surface area (Å²) in [7, 11) is 0. The Bertz CT molecular complexity index is 403. The molecule has 1 aromatic heterocycles. The predicted molar refractivity (Wildman–Crippen MR) is 69.2 cm³/mol. The molecule has 0 aliphatic carbocycles. The molecule has 0 bridgehead atoms. The number of amides is 1. The number of nitrogens with one attached hydrogen (secondary N) is 2. The number of nitrogens with two attached hydrogens (primary N) is 1. The van der Waals surface area contributed by atoms with Gasteiger partial charge in [-0.3, -0.25) is 0 Å². The lowest BCUT2D eigenvalue weighted by molar-refractivity contribution is 0.0530. The molecule has 1 aromatic rings. The summed E-state index contributed by atoms with van der Waals surface area (Å²) >= 11 is 0. The fourth-order valence-electron chi connectivity index (χ4n) is 1.15. The lowest BCUT2D eigenvalue weighted by Crippen LogP contribution is -2.35. The maximum Gasteiger partial charge on any atom is 0.407 e. The number of carbonyl (C=O) groups excluding carboxylic acids is 1. The van der Waals surface area contributed by atoms with Gasteiger partial charge in [0.2, 0.25) is 0 Å². The van der Waals surface area contributed by atoms with Gasteiger partial charge in [-0.05, 0) is 20.8 Å². The fourth-order valence-corrected chi connectivity index (χ4v) is 1.15. The van der Waals surface area contributed by atoms with Gasteiger partial charge >= 0.3 is 6.09 Å². The molecule has 0 spiro atoms. The molecule has 7 nitrogen and oxygen atoms in total. The maximum atomic E-state index is 11.3. The van der Waals surface area contributed by atoms with Crippen molar-refractivity contribution in [3.05, 3.63) is 12.5 Å². The molecule has 1 amide bonds. The Morgan fingerprint density at radius 3 is 2.78 bits per heavy atom. The molecule has 1 heterocycles. The van der Waals surface area contributed by atoms with Crippen LogP contribution < -0.4 is 16.4 Å². The molecule has 0 saturated heterocycles. The number of nitrogens with zero attached hydrogens (tertiary/aromatic N) is 2. The van der Waals surface area contributed by atoms with E-state index in [0.29, 0.717) is 24.6 Å². The van der Waals surface area contributed by atoms with Crippen molar-refractivity contribution in [1.29, 1.82) is 0 Å². The van der Waals surface area contributed by atoms with Crippen molar-refractivity contribution in [3.63, 3.8) is 0 Å². The van der Waals surface area contributed by atoms with Crippen LogP contribution in [-0.2, 0) is 4.74 Å². The topological polar surface area (TPSA) is 102 Å². The van der Waals surface area contributed by atoms with Gasteiger partial charge in [-0.2, -0.15) is 0 Å². The number of rotatable bonds is 4. The highest BCUT2D eigenvalue weighted by Gasteiger charge is 2.15. The number of carbonyl (C=O) groups is 1. The fraction of sp³-hybridized carbons (Fsp3) is 0.545. The van der Waals surface area contributed by atoms with Gasteiger partial charge in [-0.1, -0.05) is 0 Å². The molecule has 0 aromatic carbocycles. The molecule has 4 N–H and O–H groups in total. The molecule has 0 radical (unpaired) electrons. The summed E-state index contributed by atoms with van der Waals surface area (Å²) in [5.74, 6) is 0.552. The van der Waals surface area contributed by atoms with Crippen LogP contribution in [0.15, 0.2) is 12.5 Å². The Morgan fingerprint density at radius 1 is 1.44 bits per heavy atom. The molecule has 100 valence electrons. The number of hydrogen-bond donors (Lipinski definition) is 3. The maximum absolute atomic E-state index is 11.3. The molecule has 0 aliphatic heterocycles. The third-order valence-electron chi connectivity index (χ3n) is 1.83. The van der Waals surface area contributed by atoms with E-state index in [1.54, 1.807) is 0 Å². The van der Waals surface area contributed by atoms with E-state index in [9.17, 15) is 4.79 Å². The van der Waals surface area contributed by atoms with Gasteiger partial charge in [0.1, 0.15) is 11.9 Å². The second-order valence-corrected chi connectivity index (χ2v) is 4.68. The van der Waals surface area contributed by atoms with Crippen LogP contribution in [-0.4, -0.2) is 34.8 Å². The van der Waals surface area contributed by atoms with Gasteiger partial charge in [-0.25, -0.2) is 14.8 Å². The number of hydrogen-bond acceptors (Lipinski definition) is 6. The zero-order valence-electron chi connectivity index (χ0n) is 10.9. The third-order valence-corrected chi connectivity index (χ3v) is 1.83. The van der Waals surface area contributed by atoms with Crippen LogP contribution in [0, 0.1) is 0 Å². The average molecular weight is 253 g/mol. The van der Waals surface area contributed by atoms with Crippen molar-refractivity contribution >= 4 is 17.6 Å². The molecular formula is C11H19N5O2. The van der Waals surface area contributed by atoms with Gasteiger partial charge in [0.25, 0.3) is 0 Å². The van der Waals surface area contributed by atoms with E-state index in [0.717, 1.165) is 0 Å². The third kappa shape index (κ3) is 5.33. The van der Waals surface area contributed by atoms with Crippen molar-refractivity contribution < 1.29 is 9.53 Å². The van der Waals surface area contributed by atoms with E-state index in [1.165, 1.54) is 12.5 Å². The highest BCUT2D eigenvalue weighted by molar-refractivity contribution is 5.67. The molecule has 7 heteroatoms.